The van der Waals surface area contributed by atoms with E-state index in [1.54, 1.807) is 23.1 Å². The van der Waals surface area contributed by atoms with Gasteiger partial charge in [-0.05, 0) is 43.7 Å². The zero-order valence-electron chi connectivity index (χ0n) is 14.6. The van der Waals surface area contributed by atoms with E-state index in [1.165, 1.54) is 0 Å². The van der Waals surface area contributed by atoms with Gasteiger partial charge in [0, 0.05) is 18.0 Å². The first-order chi connectivity index (χ1) is 12.5. The first-order valence-electron chi connectivity index (χ1n) is 8.62. The van der Waals surface area contributed by atoms with Gasteiger partial charge in [-0.25, -0.2) is 0 Å². The van der Waals surface area contributed by atoms with Gasteiger partial charge >= 0.3 is 0 Å². The van der Waals surface area contributed by atoms with Crippen molar-refractivity contribution in [3.63, 3.8) is 0 Å². The molecule has 1 N–H and O–H groups in total. The van der Waals surface area contributed by atoms with Gasteiger partial charge in [0.05, 0.1) is 17.8 Å². The standard InChI is InChI=1S/C20H21ClN2O3/c1-14-4-7-16(8-5-14)26-12-10-22-20(25)17-9-6-15(21)13-18(17)23-11-2-3-19(23)24/h4-9,13H,2-3,10-12H2,1H3,(H,22,25). The smallest absolute Gasteiger partial charge is 0.253 e. The molecule has 0 spiro atoms. The third kappa shape index (κ3) is 4.35. The summed E-state index contributed by atoms with van der Waals surface area (Å²) >= 11 is 6.06. The number of aryl methyl sites for hydroxylation is 1. The van der Waals surface area contributed by atoms with Crippen molar-refractivity contribution in [1.29, 1.82) is 0 Å². The summed E-state index contributed by atoms with van der Waals surface area (Å²) in [6, 6.07) is 12.7. The summed E-state index contributed by atoms with van der Waals surface area (Å²) in [5.74, 6) is 0.535. The number of anilines is 1. The molecule has 0 saturated carbocycles. The minimum atomic E-state index is -0.246. The highest BCUT2D eigenvalue weighted by Crippen LogP contribution is 2.28. The Hall–Kier alpha value is -2.53. The van der Waals surface area contributed by atoms with Crippen LogP contribution in [-0.4, -0.2) is 31.5 Å². The maximum atomic E-state index is 12.5. The fourth-order valence-corrected chi connectivity index (χ4v) is 3.05. The first-order valence-corrected chi connectivity index (χ1v) is 9.00. The highest BCUT2D eigenvalue weighted by Gasteiger charge is 2.26. The van der Waals surface area contributed by atoms with Crippen molar-refractivity contribution in [2.24, 2.45) is 0 Å². The van der Waals surface area contributed by atoms with Crippen LogP contribution in [0.25, 0.3) is 0 Å². The molecular formula is C20H21ClN2O3. The summed E-state index contributed by atoms with van der Waals surface area (Å²) in [6.07, 6.45) is 1.29. The molecule has 6 heteroatoms. The van der Waals surface area contributed by atoms with Gasteiger partial charge in [0.15, 0.2) is 0 Å². The summed E-state index contributed by atoms with van der Waals surface area (Å²) in [5.41, 5.74) is 2.18. The molecular weight excluding hydrogens is 352 g/mol. The molecule has 2 aromatic rings. The van der Waals surface area contributed by atoms with Crippen LogP contribution in [0.3, 0.4) is 0 Å². The maximum absolute atomic E-state index is 12.5. The van der Waals surface area contributed by atoms with E-state index in [0.29, 0.717) is 42.4 Å². The van der Waals surface area contributed by atoms with E-state index in [2.05, 4.69) is 5.32 Å². The van der Waals surface area contributed by atoms with Crippen molar-refractivity contribution in [3.8, 4) is 5.75 Å². The highest BCUT2D eigenvalue weighted by molar-refractivity contribution is 6.31. The van der Waals surface area contributed by atoms with Crippen molar-refractivity contribution in [1.82, 2.24) is 5.32 Å². The van der Waals surface area contributed by atoms with Crippen LogP contribution in [0.4, 0.5) is 5.69 Å². The Bertz CT molecular complexity index is 805. The molecule has 0 unspecified atom stereocenters. The van der Waals surface area contributed by atoms with Crippen molar-refractivity contribution >= 4 is 29.1 Å². The third-order valence-electron chi connectivity index (χ3n) is 4.25. The number of halogens is 1. The van der Waals surface area contributed by atoms with Crippen LogP contribution in [0.1, 0.15) is 28.8 Å². The van der Waals surface area contributed by atoms with Crippen molar-refractivity contribution in [2.75, 3.05) is 24.6 Å². The summed E-state index contributed by atoms with van der Waals surface area (Å²) in [4.78, 5) is 26.2. The fraction of sp³-hybridized carbons (Fsp3) is 0.300. The average Bonchev–Trinajstić information content (AvgIpc) is 3.06. The Morgan fingerprint density at radius 3 is 2.69 bits per heavy atom. The number of nitrogens with zero attached hydrogens (tertiary/aromatic N) is 1. The topological polar surface area (TPSA) is 58.6 Å². The second kappa shape index (κ2) is 8.23. The van der Waals surface area contributed by atoms with Crippen LogP contribution in [0.5, 0.6) is 5.75 Å². The van der Waals surface area contributed by atoms with E-state index < -0.39 is 0 Å². The van der Waals surface area contributed by atoms with Gasteiger partial charge in [0.2, 0.25) is 5.91 Å². The number of amides is 2. The molecule has 2 aromatic carbocycles. The summed E-state index contributed by atoms with van der Waals surface area (Å²) < 4.78 is 5.61. The van der Waals surface area contributed by atoms with Crippen LogP contribution in [0.15, 0.2) is 42.5 Å². The second-order valence-electron chi connectivity index (χ2n) is 6.23. The quantitative estimate of drug-likeness (QED) is 0.788. The molecule has 0 atom stereocenters. The monoisotopic (exact) mass is 372 g/mol. The number of hydrogen-bond acceptors (Lipinski definition) is 3. The lowest BCUT2D eigenvalue weighted by Crippen LogP contribution is -2.31. The van der Waals surface area contributed by atoms with Gasteiger partial charge in [0.1, 0.15) is 12.4 Å². The van der Waals surface area contributed by atoms with Crippen molar-refractivity contribution in [2.45, 2.75) is 19.8 Å². The molecule has 0 aliphatic carbocycles. The molecule has 1 aliphatic heterocycles. The summed E-state index contributed by atoms with van der Waals surface area (Å²) in [6.45, 7) is 3.35. The first kappa shape index (κ1) is 18.3. The number of ether oxygens (including phenoxy) is 1. The van der Waals surface area contributed by atoms with E-state index in [9.17, 15) is 9.59 Å². The molecule has 0 aromatic heterocycles. The number of hydrogen-bond donors (Lipinski definition) is 1. The molecule has 26 heavy (non-hydrogen) atoms. The predicted molar refractivity (Wildman–Crippen MR) is 102 cm³/mol. The zero-order valence-corrected chi connectivity index (χ0v) is 15.4. The average molecular weight is 373 g/mol. The van der Waals surface area contributed by atoms with E-state index >= 15 is 0 Å². The normalized spacial score (nSPS) is 13.8. The predicted octanol–water partition coefficient (Wildman–Crippen LogP) is 3.58. The highest BCUT2D eigenvalue weighted by atomic mass is 35.5. The molecule has 5 nitrogen and oxygen atoms in total. The molecule has 0 bridgehead atoms. The third-order valence-corrected chi connectivity index (χ3v) is 4.48. The zero-order chi connectivity index (χ0) is 18.5. The number of rotatable bonds is 6. The van der Waals surface area contributed by atoms with Gasteiger partial charge in [-0.3, -0.25) is 9.59 Å². The molecule has 1 heterocycles. The lowest BCUT2D eigenvalue weighted by molar-refractivity contribution is -0.117. The molecule has 1 fully saturated rings. The summed E-state index contributed by atoms with van der Waals surface area (Å²) in [7, 11) is 0. The Kier molecular flexibility index (Phi) is 5.78. The van der Waals surface area contributed by atoms with E-state index in [0.717, 1.165) is 17.7 Å². The van der Waals surface area contributed by atoms with Crippen molar-refractivity contribution in [3.05, 3.63) is 58.6 Å². The van der Waals surface area contributed by atoms with Gasteiger partial charge in [-0.1, -0.05) is 29.3 Å². The minimum absolute atomic E-state index is 0.0176. The lowest BCUT2D eigenvalue weighted by atomic mass is 10.1. The molecule has 136 valence electrons. The van der Waals surface area contributed by atoms with E-state index in [4.69, 9.17) is 16.3 Å². The minimum Gasteiger partial charge on any atom is -0.492 e. The van der Waals surface area contributed by atoms with Crippen LogP contribution < -0.4 is 15.0 Å². The number of carbonyl (C=O) groups excluding carboxylic acids is 2. The largest absolute Gasteiger partial charge is 0.492 e. The van der Waals surface area contributed by atoms with Crippen LogP contribution in [0.2, 0.25) is 5.02 Å². The Morgan fingerprint density at radius 2 is 2.00 bits per heavy atom. The molecule has 2 amide bonds. The number of carbonyl (C=O) groups is 2. The van der Waals surface area contributed by atoms with Crippen LogP contribution in [-0.2, 0) is 4.79 Å². The van der Waals surface area contributed by atoms with Gasteiger partial charge < -0.3 is 15.0 Å². The van der Waals surface area contributed by atoms with Crippen LogP contribution >= 0.6 is 11.6 Å². The Morgan fingerprint density at radius 1 is 1.23 bits per heavy atom. The SMILES string of the molecule is Cc1ccc(OCCNC(=O)c2ccc(Cl)cc2N2CCCC2=O)cc1. The van der Waals surface area contributed by atoms with Gasteiger partial charge in [0.25, 0.3) is 5.91 Å². The molecule has 3 rings (SSSR count). The van der Waals surface area contributed by atoms with Gasteiger partial charge in [-0.2, -0.15) is 0 Å². The molecule has 0 radical (unpaired) electrons. The Balaban J connectivity index is 1.60. The number of nitrogens with one attached hydrogen (secondary N) is 1. The summed E-state index contributed by atoms with van der Waals surface area (Å²) in [5, 5.41) is 3.33. The van der Waals surface area contributed by atoms with Crippen LogP contribution in [0, 0.1) is 6.92 Å². The lowest BCUT2D eigenvalue weighted by Gasteiger charge is -2.19. The molecule has 1 aliphatic rings. The van der Waals surface area contributed by atoms with E-state index in [1.807, 2.05) is 31.2 Å². The van der Waals surface area contributed by atoms with E-state index in [-0.39, 0.29) is 11.8 Å². The fourth-order valence-electron chi connectivity index (χ4n) is 2.89. The second-order valence-corrected chi connectivity index (χ2v) is 6.66. The number of benzene rings is 2. The maximum Gasteiger partial charge on any atom is 0.253 e. The molecule has 1 saturated heterocycles. The Labute approximate surface area is 157 Å². The van der Waals surface area contributed by atoms with Crippen molar-refractivity contribution < 1.29 is 14.3 Å². The van der Waals surface area contributed by atoms with Gasteiger partial charge in [-0.15, -0.1) is 0 Å².